The zero-order valence-corrected chi connectivity index (χ0v) is 26.4. The highest BCUT2D eigenvalue weighted by molar-refractivity contribution is 9.10. The van der Waals surface area contributed by atoms with E-state index in [1.165, 1.54) is 16.4 Å². The van der Waals surface area contributed by atoms with Crippen molar-refractivity contribution in [2.45, 2.75) is 35.9 Å². The van der Waals surface area contributed by atoms with Crippen molar-refractivity contribution < 1.29 is 22.4 Å². The molecular formula is C33H28BrClFN3O4S. The van der Waals surface area contributed by atoms with Crippen LogP contribution in [0.4, 0.5) is 4.39 Å². The molecule has 0 aliphatic carbocycles. The summed E-state index contributed by atoms with van der Waals surface area (Å²) in [5, 5.41) is 3.08. The number of hydrogen-bond donors (Lipinski definition) is 2. The summed E-state index contributed by atoms with van der Waals surface area (Å²) >= 11 is 9.86. The molecule has 7 nitrogen and oxygen atoms in total. The molecule has 2 amide bonds. The number of carbonyl (C=O) groups is 2. The first-order chi connectivity index (χ1) is 21.0. The smallest absolute Gasteiger partial charge is 0.249 e. The molecule has 0 fully saturated rings. The van der Waals surface area contributed by atoms with Crippen LogP contribution < -0.4 is 11.1 Å². The van der Waals surface area contributed by atoms with Gasteiger partial charge in [-0.3, -0.25) is 9.59 Å². The summed E-state index contributed by atoms with van der Waals surface area (Å²) in [6, 6.07) is 24.5. The first-order valence-corrected chi connectivity index (χ1v) is 16.3. The third-order valence-electron chi connectivity index (χ3n) is 7.40. The van der Waals surface area contributed by atoms with Crippen LogP contribution in [0.25, 0.3) is 0 Å². The molecule has 0 radical (unpaired) electrons. The molecule has 0 spiro atoms. The van der Waals surface area contributed by atoms with Crippen LogP contribution in [0.5, 0.6) is 0 Å². The SMILES string of the molecule is NC(=O)C(Cc1ccccc1)NC(=O)C1=CCC(c2cccc(Br)c2)N(S(=O)(=O)c2ccc(F)cc2)C1c1cccc(Cl)c1. The third kappa shape index (κ3) is 6.94. The van der Waals surface area contributed by atoms with Gasteiger partial charge in [0.2, 0.25) is 21.8 Å². The lowest BCUT2D eigenvalue weighted by molar-refractivity contribution is -0.125. The number of primary amides is 1. The van der Waals surface area contributed by atoms with Crippen LogP contribution in [-0.4, -0.2) is 30.6 Å². The molecular weight excluding hydrogens is 669 g/mol. The van der Waals surface area contributed by atoms with Crippen molar-refractivity contribution in [2.24, 2.45) is 5.73 Å². The van der Waals surface area contributed by atoms with Gasteiger partial charge >= 0.3 is 0 Å². The average molecular weight is 697 g/mol. The van der Waals surface area contributed by atoms with Gasteiger partial charge in [0.25, 0.3) is 0 Å². The molecule has 0 bridgehead atoms. The monoisotopic (exact) mass is 695 g/mol. The third-order valence-corrected chi connectivity index (χ3v) is 10.0. The Kier molecular flexibility index (Phi) is 9.65. The minimum Gasteiger partial charge on any atom is -0.368 e. The molecule has 3 N–H and O–H groups in total. The van der Waals surface area contributed by atoms with Crippen molar-refractivity contribution in [1.82, 2.24) is 9.62 Å². The maximum absolute atomic E-state index is 14.5. The van der Waals surface area contributed by atoms with E-state index in [2.05, 4.69) is 21.2 Å². The van der Waals surface area contributed by atoms with Gasteiger partial charge in [0.05, 0.1) is 17.0 Å². The summed E-state index contributed by atoms with van der Waals surface area (Å²) in [5.41, 5.74) is 7.69. The predicted octanol–water partition coefficient (Wildman–Crippen LogP) is 6.26. The summed E-state index contributed by atoms with van der Waals surface area (Å²) in [6.07, 6.45) is 1.97. The summed E-state index contributed by atoms with van der Waals surface area (Å²) in [7, 11) is -4.36. The van der Waals surface area contributed by atoms with Crippen molar-refractivity contribution in [3.05, 3.63) is 147 Å². The first-order valence-electron chi connectivity index (χ1n) is 13.7. The first kappa shape index (κ1) is 31.6. The molecule has 1 aliphatic heterocycles. The average Bonchev–Trinajstić information content (AvgIpc) is 3.00. The fourth-order valence-corrected chi connectivity index (χ4v) is 7.73. The van der Waals surface area contributed by atoms with E-state index in [1.807, 2.05) is 42.5 Å². The summed E-state index contributed by atoms with van der Waals surface area (Å²) in [4.78, 5) is 26.3. The van der Waals surface area contributed by atoms with Gasteiger partial charge in [0.1, 0.15) is 11.9 Å². The van der Waals surface area contributed by atoms with Crippen molar-refractivity contribution in [2.75, 3.05) is 0 Å². The minimum absolute atomic E-state index is 0.100. The number of sulfonamides is 1. The highest BCUT2D eigenvalue weighted by atomic mass is 79.9. The predicted molar refractivity (Wildman–Crippen MR) is 170 cm³/mol. The second-order valence-electron chi connectivity index (χ2n) is 10.3. The molecule has 5 rings (SSSR count). The Hall–Kier alpha value is -3.83. The normalized spacial score (nSPS) is 17.8. The van der Waals surface area contributed by atoms with E-state index in [9.17, 15) is 22.4 Å². The number of nitrogens with one attached hydrogen (secondary N) is 1. The van der Waals surface area contributed by atoms with Gasteiger partial charge in [-0.1, -0.05) is 88.2 Å². The van der Waals surface area contributed by atoms with Crippen molar-refractivity contribution >= 4 is 49.4 Å². The maximum Gasteiger partial charge on any atom is 0.249 e. The van der Waals surface area contributed by atoms with Crippen LogP contribution in [-0.2, 0) is 26.0 Å². The fourth-order valence-electron chi connectivity index (χ4n) is 5.34. The molecule has 3 unspecified atom stereocenters. The topological polar surface area (TPSA) is 110 Å². The molecule has 3 atom stereocenters. The van der Waals surface area contributed by atoms with Crippen LogP contribution >= 0.6 is 27.5 Å². The molecule has 226 valence electrons. The number of rotatable bonds is 9. The van der Waals surface area contributed by atoms with E-state index in [0.29, 0.717) is 16.1 Å². The number of halogens is 3. The number of nitrogens with two attached hydrogens (primary N) is 1. The quantitative estimate of drug-likeness (QED) is 0.215. The Bertz CT molecular complexity index is 1820. The molecule has 1 aliphatic rings. The van der Waals surface area contributed by atoms with Crippen molar-refractivity contribution in [3.63, 3.8) is 0 Å². The second-order valence-corrected chi connectivity index (χ2v) is 13.5. The number of carbonyl (C=O) groups excluding carboxylic acids is 2. The van der Waals surface area contributed by atoms with Gasteiger partial charge < -0.3 is 11.1 Å². The van der Waals surface area contributed by atoms with Crippen LogP contribution in [0.2, 0.25) is 5.02 Å². The lowest BCUT2D eigenvalue weighted by Crippen LogP contribution is -2.49. The summed E-state index contributed by atoms with van der Waals surface area (Å²) in [5.74, 6) is -1.98. The zero-order valence-electron chi connectivity index (χ0n) is 23.2. The van der Waals surface area contributed by atoms with Gasteiger partial charge in [-0.05, 0) is 71.6 Å². The van der Waals surface area contributed by atoms with Crippen LogP contribution in [0.3, 0.4) is 0 Å². The van der Waals surface area contributed by atoms with E-state index in [0.717, 1.165) is 22.2 Å². The molecule has 4 aromatic rings. The van der Waals surface area contributed by atoms with Crippen LogP contribution in [0.1, 0.15) is 35.2 Å². The summed E-state index contributed by atoms with van der Waals surface area (Å²) < 4.78 is 44.9. The Morgan fingerprint density at radius 2 is 1.64 bits per heavy atom. The Balaban J connectivity index is 1.65. The standard InChI is InChI=1S/C33H28BrClFN3O4S/c34-24-10-4-8-22(19-24)30-17-16-28(33(41)38-29(32(37)40)18-21-6-2-1-3-7-21)31(23-9-5-11-25(35)20-23)39(30)44(42,43)27-14-12-26(36)13-15-27/h1-16,19-20,29-31H,17-18H2,(H2,37,40)(H,38,41). The lowest BCUT2D eigenvalue weighted by Gasteiger charge is -2.41. The minimum atomic E-state index is -4.36. The molecule has 11 heteroatoms. The fraction of sp³-hybridized carbons (Fsp3) is 0.152. The number of hydrogen-bond acceptors (Lipinski definition) is 4. The van der Waals surface area contributed by atoms with E-state index in [1.54, 1.807) is 42.5 Å². The van der Waals surface area contributed by atoms with Crippen LogP contribution in [0.15, 0.2) is 124 Å². The molecule has 4 aromatic carbocycles. The largest absolute Gasteiger partial charge is 0.368 e. The summed E-state index contributed by atoms with van der Waals surface area (Å²) in [6.45, 7) is 0. The molecule has 0 saturated carbocycles. The van der Waals surface area contributed by atoms with E-state index in [4.69, 9.17) is 17.3 Å². The Morgan fingerprint density at radius 1 is 0.955 bits per heavy atom. The number of amides is 2. The molecule has 0 saturated heterocycles. The van der Waals surface area contributed by atoms with Crippen molar-refractivity contribution in [1.29, 1.82) is 0 Å². The molecule has 44 heavy (non-hydrogen) atoms. The zero-order chi connectivity index (χ0) is 31.4. The number of benzene rings is 4. The van der Waals surface area contributed by atoms with Gasteiger partial charge in [-0.25, -0.2) is 12.8 Å². The molecule has 1 heterocycles. The van der Waals surface area contributed by atoms with Gasteiger partial charge in [-0.15, -0.1) is 0 Å². The molecule has 0 aromatic heterocycles. The maximum atomic E-state index is 14.5. The van der Waals surface area contributed by atoms with Gasteiger partial charge in [0, 0.05) is 21.5 Å². The van der Waals surface area contributed by atoms with Gasteiger partial charge in [0.15, 0.2) is 0 Å². The highest BCUT2D eigenvalue weighted by Crippen LogP contribution is 2.46. The second kappa shape index (κ2) is 13.4. The van der Waals surface area contributed by atoms with E-state index < -0.39 is 45.8 Å². The lowest BCUT2D eigenvalue weighted by atomic mass is 9.88. The van der Waals surface area contributed by atoms with E-state index in [-0.39, 0.29) is 23.3 Å². The Labute approximate surface area is 268 Å². The van der Waals surface area contributed by atoms with Crippen molar-refractivity contribution in [3.8, 4) is 0 Å². The number of nitrogens with zero attached hydrogens (tertiary/aromatic N) is 1. The Morgan fingerprint density at radius 3 is 2.30 bits per heavy atom. The van der Waals surface area contributed by atoms with Crippen LogP contribution in [0, 0.1) is 5.82 Å². The van der Waals surface area contributed by atoms with E-state index >= 15 is 0 Å². The highest BCUT2D eigenvalue weighted by Gasteiger charge is 2.45. The van der Waals surface area contributed by atoms with Gasteiger partial charge in [-0.2, -0.15) is 4.31 Å².